The first-order chi connectivity index (χ1) is 39.3. The molecular formula is C70H80O11Si2. The SMILES string of the molecule is COc1ccc(C=C2C(=O)C=CC2O[Si](C)(C)C(C)(C)C)cc1.COc1ccc(C=C2C(=O)C=CC2O[Si](c2ccccc2)(c2ccccc2)C(C)(C)C)cc1.Cc1ccc(C=C2C(=O)C=CC2OC(=O)C2CCCCC2C(=O)O)c(C)c1. The van der Waals surface area contributed by atoms with Crippen LogP contribution in [0.4, 0.5) is 0 Å². The van der Waals surface area contributed by atoms with Crippen molar-refractivity contribution >= 4 is 74.5 Å². The van der Waals surface area contributed by atoms with E-state index in [1.807, 2.05) is 117 Å². The number of ketones is 3. The van der Waals surface area contributed by atoms with Crippen LogP contribution in [0.15, 0.2) is 181 Å². The van der Waals surface area contributed by atoms with Crippen LogP contribution in [0.3, 0.4) is 0 Å². The highest BCUT2D eigenvalue weighted by molar-refractivity contribution is 6.99. The zero-order valence-electron chi connectivity index (χ0n) is 50.1. The molecule has 9 rings (SSSR count). The summed E-state index contributed by atoms with van der Waals surface area (Å²) in [4.78, 5) is 61.4. The first kappa shape index (κ1) is 63.0. The Morgan fingerprint density at radius 2 is 0.976 bits per heavy atom. The van der Waals surface area contributed by atoms with Crippen molar-refractivity contribution in [1.82, 2.24) is 0 Å². The number of ether oxygens (including phenoxy) is 3. The number of allylic oxidation sites excluding steroid dienone is 3. The van der Waals surface area contributed by atoms with Crippen molar-refractivity contribution < 1.29 is 52.1 Å². The second-order valence-corrected chi connectivity index (χ2v) is 33.1. The molecule has 0 heterocycles. The molecule has 5 aromatic rings. The van der Waals surface area contributed by atoms with Crippen LogP contribution in [0.25, 0.3) is 18.2 Å². The van der Waals surface area contributed by atoms with Gasteiger partial charge in [0.25, 0.3) is 8.32 Å². The molecule has 5 aromatic carbocycles. The van der Waals surface area contributed by atoms with Crippen molar-refractivity contribution in [2.75, 3.05) is 14.2 Å². The first-order valence-electron chi connectivity index (χ1n) is 28.4. The number of hydrogen-bond acceptors (Lipinski definition) is 10. The Kier molecular flexibility index (Phi) is 20.7. The van der Waals surface area contributed by atoms with Gasteiger partial charge >= 0.3 is 11.9 Å². The maximum absolute atomic E-state index is 12.9. The summed E-state index contributed by atoms with van der Waals surface area (Å²) in [5.74, 6) is -1.42. The minimum atomic E-state index is -2.78. The summed E-state index contributed by atoms with van der Waals surface area (Å²) >= 11 is 0. The summed E-state index contributed by atoms with van der Waals surface area (Å²) in [6.45, 7) is 21.7. The molecular weight excluding hydrogens is 1070 g/mol. The number of carbonyl (C=O) groups is 5. The van der Waals surface area contributed by atoms with Gasteiger partial charge in [0, 0.05) is 16.7 Å². The standard InChI is InChI=1S/C29H30O3Si.C22H24O5.C19H26O3Si/c1-29(2,3)33(24-11-7-5-8-12-24,25-13-9-6-10-14-25)32-28-20-19-27(30)26(28)21-22-15-17-23(31-4)18-16-22;1-13-7-8-15(14(2)11-13)12-18-19(23)9-10-20(18)27-22(26)17-6-4-3-5-16(17)21(24)25;1-19(2,3)23(5,6)22-18-12-11-17(20)16(18)13-14-7-9-15(21-4)10-8-14/h5-21,28H,1-4H3;7-12,16-17,20H,3-6H2,1-2H3,(H,24,25);7-13,18H,1-6H3. The zero-order valence-corrected chi connectivity index (χ0v) is 52.1. The van der Waals surface area contributed by atoms with E-state index in [2.05, 4.69) is 103 Å². The Balaban J connectivity index is 0.000000182. The summed E-state index contributed by atoms with van der Waals surface area (Å²) in [5, 5.41) is 11.7. The van der Waals surface area contributed by atoms with E-state index in [1.165, 1.54) is 16.4 Å². The summed E-state index contributed by atoms with van der Waals surface area (Å²) in [5.41, 5.74) is 6.75. The quantitative estimate of drug-likeness (QED) is 0.0642. The molecule has 1 fully saturated rings. The Hall–Kier alpha value is -7.56. The van der Waals surface area contributed by atoms with Crippen LogP contribution in [-0.4, -0.2) is 83.6 Å². The van der Waals surface area contributed by atoms with Crippen molar-refractivity contribution in [3.05, 3.63) is 208 Å². The number of methoxy groups -OCH3 is 2. The molecule has 5 unspecified atom stereocenters. The second-order valence-electron chi connectivity index (χ2n) is 24.1. The lowest BCUT2D eigenvalue weighted by atomic mass is 9.79. The summed E-state index contributed by atoms with van der Waals surface area (Å²) in [7, 11) is -1.44. The predicted molar refractivity (Wildman–Crippen MR) is 336 cm³/mol. The van der Waals surface area contributed by atoms with Crippen molar-refractivity contribution in [2.24, 2.45) is 11.8 Å². The number of benzene rings is 5. The number of esters is 1. The van der Waals surface area contributed by atoms with Gasteiger partial charge in [-0.3, -0.25) is 24.0 Å². The molecule has 0 radical (unpaired) electrons. The normalized spacial score (nSPS) is 21.2. The molecule has 0 aromatic heterocycles. The lowest BCUT2D eigenvalue weighted by molar-refractivity contribution is -0.161. The van der Waals surface area contributed by atoms with Crippen LogP contribution in [0.5, 0.6) is 11.5 Å². The molecule has 4 aliphatic carbocycles. The van der Waals surface area contributed by atoms with Gasteiger partial charge < -0.3 is 28.2 Å². The Bertz CT molecular complexity index is 3280. The molecule has 5 atom stereocenters. The van der Waals surface area contributed by atoms with Crippen molar-refractivity contribution in [3.8, 4) is 11.5 Å². The zero-order chi connectivity index (χ0) is 60.3. The van der Waals surface area contributed by atoms with E-state index in [4.69, 9.17) is 23.1 Å². The minimum Gasteiger partial charge on any atom is -0.497 e. The van der Waals surface area contributed by atoms with Crippen molar-refractivity contribution in [1.29, 1.82) is 0 Å². The number of aliphatic carboxylic acids is 1. The largest absolute Gasteiger partial charge is 0.497 e. The molecule has 0 saturated heterocycles. The van der Waals surface area contributed by atoms with Gasteiger partial charge in [0.2, 0.25) is 0 Å². The minimum absolute atomic E-state index is 0.00579. The van der Waals surface area contributed by atoms with Crippen LogP contribution >= 0.6 is 0 Å². The predicted octanol–water partition coefficient (Wildman–Crippen LogP) is 13.4. The number of carboxylic acids is 1. The molecule has 1 N–H and O–H groups in total. The van der Waals surface area contributed by atoms with E-state index in [0.717, 1.165) is 52.2 Å². The Labute approximate surface area is 492 Å². The summed E-state index contributed by atoms with van der Waals surface area (Å²) in [6.07, 6.45) is 16.8. The van der Waals surface area contributed by atoms with Gasteiger partial charge in [-0.25, -0.2) is 0 Å². The smallest absolute Gasteiger partial charge is 0.310 e. The van der Waals surface area contributed by atoms with Crippen molar-refractivity contribution in [2.45, 2.75) is 123 Å². The highest BCUT2D eigenvalue weighted by atomic mass is 28.4. The van der Waals surface area contributed by atoms with E-state index >= 15 is 0 Å². The van der Waals surface area contributed by atoms with E-state index in [0.29, 0.717) is 29.6 Å². The molecule has 434 valence electrons. The number of hydrogen-bond donors (Lipinski definition) is 1. The number of aryl methyl sites for hydroxylation is 2. The van der Waals surface area contributed by atoms with E-state index < -0.39 is 52.6 Å². The monoisotopic (exact) mass is 1150 g/mol. The Morgan fingerprint density at radius 3 is 1.40 bits per heavy atom. The molecule has 83 heavy (non-hydrogen) atoms. The molecule has 0 spiro atoms. The van der Waals surface area contributed by atoms with Crippen LogP contribution in [0.1, 0.15) is 95.0 Å². The maximum atomic E-state index is 12.9. The van der Waals surface area contributed by atoms with E-state index in [1.54, 1.807) is 38.5 Å². The molecule has 11 nitrogen and oxygen atoms in total. The van der Waals surface area contributed by atoms with Gasteiger partial charge in [0.05, 0.1) is 38.3 Å². The highest BCUT2D eigenvalue weighted by Crippen LogP contribution is 2.41. The van der Waals surface area contributed by atoms with E-state index in [9.17, 15) is 29.1 Å². The molecule has 0 aliphatic heterocycles. The Morgan fingerprint density at radius 1 is 0.542 bits per heavy atom. The average Bonchev–Trinajstić information content (AvgIpc) is 4.15. The van der Waals surface area contributed by atoms with Gasteiger partial charge in [0.15, 0.2) is 25.7 Å². The fourth-order valence-electron chi connectivity index (χ4n) is 10.5. The van der Waals surface area contributed by atoms with Gasteiger partial charge in [0.1, 0.15) is 17.6 Å². The van der Waals surface area contributed by atoms with Crippen molar-refractivity contribution in [3.63, 3.8) is 0 Å². The number of rotatable bonds is 14. The molecule has 0 bridgehead atoms. The third-order valence-electron chi connectivity index (χ3n) is 16.2. The average molecular weight is 1150 g/mol. The summed E-state index contributed by atoms with van der Waals surface area (Å²) in [6, 6.07) is 42.3. The maximum Gasteiger partial charge on any atom is 0.310 e. The lowest BCUT2D eigenvalue weighted by Gasteiger charge is -2.44. The highest BCUT2D eigenvalue weighted by Gasteiger charge is 2.52. The third kappa shape index (κ3) is 15.4. The van der Waals surface area contributed by atoms with Crippen LogP contribution in [0.2, 0.25) is 23.2 Å². The van der Waals surface area contributed by atoms with Gasteiger partial charge in [-0.15, -0.1) is 0 Å². The lowest BCUT2D eigenvalue weighted by Crippen LogP contribution is -2.67. The molecule has 4 aliphatic rings. The van der Waals surface area contributed by atoms with Gasteiger partial charge in [-0.05, 0) is 161 Å². The number of carboxylic acid groups (broad SMARTS) is 1. The van der Waals surface area contributed by atoms with Crippen LogP contribution in [-0.2, 0) is 37.6 Å². The molecule has 13 heteroatoms. The number of carbonyl (C=O) groups excluding carboxylic acids is 4. The van der Waals surface area contributed by atoms with E-state index in [-0.39, 0.29) is 33.5 Å². The van der Waals surface area contributed by atoms with Crippen LogP contribution < -0.4 is 19.8 Å². The molecule has 0 amide bonds. The summed E-state index contributed by atoms with van der Waals surface area (Å²) < 4.78 is 29.6. The van der Waals surface area contributed by atoms with Gasteiger partial charge in [-0.2, -0.15) is 0 Å². The fraction of sp³-hybridized carbons (Fsp3) is 0.329. The first-order valence-corrected chi connectivity index (χ1v) is 33.2. The van der Waals surface area contributed by atoms with Crippen LogP contribution in [0, 0.1) is 25.7 Å². The topological polar surface area (TPSA) is 152 Å². The third-order valence-corrected chi connectivity index (χ3v) is 25.7. The van der Waals surface area contributed by atoms with Gasteiger partial charge in [-0.1, -0.05) is 163 Å². The second kappa shape index (κ2) is 27.2. The molecule has 1 saturated carbocycles. The fourth-order valence-corrected chi connectivity index (χ4v) is 16.3.